The number of thiophene rings is 1. The van der Waals surface area contributed by atoms with Crippen molar-refractivity contribution >= 4 is 29.0 Å². The lowest BCUT2D eigenvalue weighted by Gasteiger charge is -2.13. The predicted molar refractivity (Wildman–Crippen MR) is 120 cm³/mol. The summed E-state index contributed by atoms with van der Waals surface area (Å²) in [6.07, 6.45) is 8.22. The summed E-state index contributed by atoms with van der Waals surface area (Å²) < 4.78 is 2.02. The minimum Gasteiger partial charge on any atom is -0.355 e. The number of aromatic nitrogens is 3. The topological polar surface area (TPSA) is 59.8 Å². The van der Waals surface area contributed by atoms with E-state index in [0.717, 1.165) is 28.0 Å². The molecule has 2 heterocycles. The number of rotatable bonds is 8. The third kappa shape index (κ3) is 5.16. The van der Waals surface area contributed by atoms with E-state index in [4.69, 9.17) is 0 Å². The van der Waals surface area contributed by atoms with Gasteiger partial charge in [-0.2, -0.15) is 0 Å². The quantitative estimate of drug-likeness (QED) is 0.404. The monoisotopic (exact) mass is 424 g/mol. The van der Waals surface area contributed by atoms with Crippen molar-refractivity contribution in [3.8, 4) is 16.4 Å². The lowest BCUT2D eigenvalue weighted by atomic mass is 9.97. The van der Waals surface area contributed by atoms with Gasteiger partial charge in [0.2, 0.25) is 5.91 Å². The Morgan fingerprint density at radius 1 is 1.14 bits per heavy atom. The summed E-state index contributed by atoms with van der Waals surface area (Å²) in [4.78, 5) is 13.4. The summed E-state index contributed by atoms with van der Waals surface area (Å²) in [6.45, 7) is 0.705. The fourth-order valence-electron chi connectivity index (χ4n) is 3.41. The van der Waals surface area contributed by atoms with E-state index in [1.807, 2.05) is 52.4 Å². The maximum absolute atomic E-state index is 12.3. The van der Waals surface area contributed by atoms with Crippen LogP contribution in [0.2, 0.25) is 0 Å². The second-order valence-corrected chi connectivity index (χ2v) is 8.84. The summed E-state index contributed by atoms with van der Waals surface area (Å²) >= 11 is 3.05. The highest BCUT2D eigenvalue weighted by atomic mass is 32.2. The van der Waals surface area contributed by atoms with E-state index >= 15 is 0 Å². The normalized spacial score (nSPS) is 13.9. The molecular weight excluding hydrogens is 400 g/mol. The molecule has 0 unspecified atom stereocenters. The Morgan fingerprint density at radius 3 is 2.79 bits per heavy atom. The van der Waals surface area contributed by atoms with Gasteiger partial charge in [-0.1, -0.05) is 47.7 Å². The van der Waals surface area contributed by atoms with Crippen molar-refractivity contribution in [1.29, 1.82) is 0 Å². The predicted octanol–water partition coefficient (Wildman–Crippen LogP) is 5.09. The van der Waals surface area contributed by atoms with Gasteiger partial charge in [-0.3, -0.25) is 9.36 Å². The second-order valence-electron chi connectivity index (χ2n) is 6.95. The van der Waals surface area contributed by atoms with Gasteiger partial charge in [0.1, 0.15) is 0 Å². The number of thioether (sulfide) groups is 1. The molecule has 0 fully saturated rings. The molecule has 0 saturated heterocycles. The first kappa shape index (κ1) is 19.9. The smallest absolute Gasteiger partial charge is 0.230 e. The number of carbonyl (C=O) groups excluding carboxylic acids is 1. The number of benzene rings is 1. The summed E-state index contributed by atoms with van der Waals surface area (Å²) in [6, 6.07) is 14.1. The number of allylic oxidation sites excluding steroid dienone is 1. The largest absolute Gasteiger partial charge is 0.355 e. The zero-order valence-electron chi connectivity index (χ0n) is 16.2. The number of hydrogen-bond acceptors (Lipinski definition) is 5. The average molecular weight is 425 g/mol. The molecule has 0 saturated carbocycles. The van der Waals surface area contributed by atoms with E-state index in [0.29, 0.717) is 12.3 Å². The zero-order chi connectivity index (χ0) is 19.9. The third-order valence-electron chi connectivity index (χ3n) is 4.87. The van der Waals surface area contributed by atoms with E-state index in [9.17, 15) is 4.79 Å². The van der Waals surface area contributed by atoms with Gasteiger partial charge < -0.3 is 5.32 Å². The van der Waals surface area contributed by atoms with Crippen LogP contribution in [0.1, 0.15) is 32.1 Å². The van der Waals surface area contributed by atoms with Gasteiger partial charge in [0.25, 0.3) is 0 Å². The van der Waals surface area contributed by atoms with Gasteiger partial charge in [0.15, 0.2) is 11.0 Å². The molecule has 0 aliphatic heterocycles. The highest BCUT2D eigenvalue weighted by Crippen LogP contribution is 2.30. The molecule has 0 bridgehead atoms. The Labute approximate surface area is 179 Å². The van der Waals surface area contributed by atoms with Crippen molar-refractivity contribution in [2.45, 2.75) is 37.3 Å². The molecular formula is C22H24N4OS2. The maximum atomic E-state index is 12.3. The van der Waals surface area contributed by atoms with Crippen molar-refractivity contribution in [2.24, 2.45) is 0 Å². The minimum atomic E-state index is 0.0340. The molecule has 1 aromatic carbocycles. The van der Waals surface area contributed by atoms with Crippen LogP contribution in [0.4, 0.5) is 0 Å². The van der Waals surface area contributed by atoms with Gasteiger partial charge in [-0.25, -0.2) is 0 Å². The van der Waals surface area contributed by atoms with Crippen LogP contribution in [0.25, 0.3) is 16.4 Å². The number of amides is 1. The van der Waals surface area contributed by atoms with E-state index in [-0.39, 0.29) is 5.91 Å². The third-order valence-corrected chi connectivity index (χ3v) is 6.67. The average Bonchev–Trinajstić information content (AvgIpc) is 3.43. The lowest BCUT2D eigenvalue weighted by molar-refractivity contribution is -0.118. The molecule has 4 rings (SSSR count). The highest BCUT2D eigenvalue weighted by molar-refractivity contribution is 7.99. The first-order valence-corrected chi connectivity index (χ1v) is 11.8. The lowest BCUT2D eigenvalue weighted by Crippen LogP contribution is -2.26. The molecule has 1 N–H and O–H groups in total. The van der Waals surface area contributed by atoms with E-state index in [1.165, 1.54) is 43.0 Å². The molecule has 2 aromatic heterocycles. The standard InChI is InChI=1S/C22H24N4OS2/c27-20(23-14-13-17-8-3-1-4-9-17)16-29-22-25-24-21(19-12-7-15-28-19)26(22)18-10-5-2-6-11-18/h2,5-8,10-12,15H,1,3-4,9,13-14,16H2,(H,23,27). The number of nitrogens with one attached hydrogen (secondary N) is 1. The molecule has 0 spiro atoms. The zero-order valence-corrected chi connectivity index (χ0v) is 17.8. The SMILES string of the molecule is O=C(CSc1nnc(-c2cccs2)n1-c1ccccc1)NCCC1=CCCCC1. The molecule has 0 atom stereocenters. The molecule has 1 aliphatic carbocycles. The molecule has 1 aliphatic rings. The minimum absolute atomic E-state index is 0.0340. The van der Waals surface area contributed by atoms with Crippen molar-refractivity contribution < 1.29 is 4.79 Å². The Morgan fingerprint density at radius 2 is 2.03 bits per heavy atom. The van der Waals surface area contributed by atoms with Crippen LogP contribution < -0.4 is 5.32 Å². The Bertz CT molecular complexity index is 964. The van der Waals surface area contributed by atoms with Crippen LogP contribution in [-0.2, 0) is 4.79 Å². The Kier molecular flexibility index (Phi) is 6.79. The number of hydrogen-bond donors (Lipinski definition) is 1. The maximum Gasteiger partial charge on any atom is 0.230 e. The molecule has 1 amide bonds. The second kappa shape index (κ2) is 9.89. The molecule has 0 radical (unpaired) electrons. The van der Waals surface area contributed by atoms with Crippen LogP contribution in [0.5, 0.6) is 0 Å². The first-order chi connectivity index (χ1) is 14.3. The molecule has 7 heteroatoms. The number of para-hydroxylation sites is 1. The van der Waals surface area contributed by atoms with Crippen molar-refractivity contribution in [1.82, 2.24) is 20.1 Å². The Balaban J connectivity index is 1.41. The number of nitrogens with zero attached hydrogens (tertiary/aromatic N) is 3. The van der Waals surface area contributed by atoms with Gasteiger partial charge in [-0.15, -0.1) is 21.5 Å². The number of carbonyl (C=O) groups is 1. The van der Waals surface area contributed by atoms with Gasteiger partial charge in [-0.05, 0) is 55.7 Å². The van der Waals surface area contributed by atoms with E-state index in [2.05, 4.69) is 21.6 Å². The summed E-state index contributed by atoms with van der Waals surface area (Å²) in [5.41, 5.74) is 2.47. The fourth-order valence-corrected chi connectivity index (χ4v) is 4.89. The van der Waals surface area contributed by atoms with Crippen LogP contribution in [0.3, 0.4) is 0 Å². The van der Waals surface area contributed by atoms with E-state index < -0.39 is 0 Å². The van der Waals surface area contributed by atoms with Crippen LogP contribution in [0.15, 0.2) is 64.7 Å². The summed E-state index contributed by atoms with van der Waals surface area (Å²) in [7, 11) is 0. The van der Waals surface area contributed by atoms with Gasteiger partial charge in [0, 0.05) is 12.2 Å². The summed E-state index contributed by atoms with van der Waals surface area (Å²) in [5.74, 6) is 1.17. The van der Waals surface area contributed by atoms with Crippen LogP contribution in [-0.4, -0.2) is 33.0 Å². The van der Waals surface area contributed by atoms with Crippen LogP contribution >= 0.6 is 23.1 Å². The fraction of sp³-hybridized carbons (Fsp3) is 0.318. The van der Waals surface area contributed by atoms with E-state index in [1.54, 1.807) is 11.3 Å². The van der Waals surface area contributed by atoms with Gasteiger partial charge >= 0.3 is 0 Å². The van der Waals surface area contributed by atoms with Crippen LogP contribution in [0, 0.1) is 0 Å². The molecule has 29 heavy (non-hydrogen) atoms. The van der Waals surface area contributed by atoms with Crippen molar-refractivity contribution in [3.63, 3.8) is 0 Å². The molecule has 150 valence electrons. The van der Waals surface area contributed by atoms with Crippen molar-refractivity contribution in [2.75, 3.05) is 12.3 Å². The van der Waals surface area contributed by atoms with Gasteiger partial charge in [0.05, 0.1) is 10.6 Å². The first-order valence-electron chi connectivity index (χ1n) is 9.93. The molecule has 3 aromatic rings. The Hall–Kier alpha value is -2.38. The summed E-state index contributed by atoms with van der Waals surface area (Å²) in [5, 5.41) is 14.6. The van der Waals surface area contributed by atoms with Crippen molar-refractivity contribution in [3.05, 3.63) is 59.5 Å². The molecule has 5 nitrogen and oxygen atoms in total. The highest BCUT2D eigenvalue weighted by Gasteiger charge is 2.17.